The number of hydrogen-bond donors (Lipinski definition) is 1. The van der Waals surface area contributed by atoms with Gasteiger partial charge in [0.15, 0.2) is 5.82 Å². The average Bonchev–Trinajstić information content (AvgIpc) is 3.09. The number of rotatable bonds is 7. The van der Waals surface area contributed by atoms with Gasteiger partial charge in [-0.3, -0.25) is 10.1 Å². The van der Waals surface area contributed by atoms with Crippen molar-refractivity contribution >= 4 is 5.69 Å². The second-order valence-corrected chi connectivity index (χ2v) is 5.37. The Morgan fingerprint density at radius 1 is 1.16 bits per heavy atom. The van der Waals surface area contributed by atoms with Gasteiger partial charge >= 0.3 is 0 Å². The number of para-hydroxylation sites is 1. The van der Waals surface area contributed by atoms with E-state index in [1.54, 1.807) is 12.1 Å². The van der Waals surface area contributed by atoms with Crippen LogP contribution in [0, 0.1) is 10.1 Å². The number of nitrogens with zero attached hydrogens (tertiary/aromatic N) is 4. The van der Waals surface area contributed by atoms with Crippen LogP contribution in [-0.4, -0.2) is 37.5 Å². The number of non-ortho nitro benzene ring substituents is 1. The maximum Gasteiger partial charge on any atom is 0.269 e. The van der Waals surface area contributed by atoms with Crippen LogP contribution in [0.4, 0.5) is 5.69 Å². The van der Waals surface area contributed by atoms with Crippen LogP contribution < -0.4 is 4.74 Å². The maximum absolute atomic E-state index is 10.7. The van der Waals surface area contributed by atoms with Gasteiger partial charge in [0.25, 0.3) is 5.69 Å². The number of benzene rings is 2. The van der Waals surface area contributed by atoms with Crippen molar-refractivity contribution in [3.63, 3.8) is 0 Å². The van der Waals surface area contributed by atoms with Crippen molar-refractivity contribution in [2.24, 2.45) is 0 Å². The maximum atomic E-state index is 10.7. The Kier molecular flexibility index (Phi) is 5.00. The van der Waals surface area contributed by atoms with Gasteiger partial charge in [0.1, 0.15) is 24.8 Å². The Balaban J connectivity index is 1.58. The molecule has 0 bridgehead atoms. The normalized spacial score (nSPS) is 11.9. The number of aromatic nitrogens is 3. The zero-order valence-corrected chi connectivity index (χ0v) is 13.2. The van der Waals surface area contributed by atoms with E-state index in [9.17, 15) is 15.2 Å². The fourth-order valence-corrected chi connectivity index (χ4v) is 2.22. The summed E-state index contributed by atoms with van der Waals surface area (Å²) >= 11 is 0. The molecule has 0 saturated heterocycles. The first-order chi connectivity index (χ1) is 12.1. The second kappa shape index (κ2) is 7.54. The smallest absolute Gasteiger partial charge is 0.269 e. The molecule has 8 heteroatoms. The van der Waals surface area contributed by atoms with E-state index >= 15 is 0 Å². The Hall–Kier alpha value is -3.26. The fourth-order valence-electron chi connectivity index (χ4n) is 2.22. The van der Waals surface area contributed by atoms with E-state index in [2.05, 4.69) is 10.1 Å². The summed E-state index contributed by atoms with van der Waals surface area (Å²) in [4.78, 5) is 14.4. The average molecular weight is 340 g/mol. The quantitative estimate of drug-likeness (QED) is 0.523. The zero-order valence-electron chi connectivity index (χ0n) is 13.2. The van der Waals surface area contributed by atoms with E-state index in [0.717, 1.165) is 0 Å². The molecule has 1 unspecified atom stereocenters. The summed E-state index contributed by atoms with van der Waals surface area (Å²) in [5.74, 6) is 1.12. The number of aliphatic hydroxyl groups excluding tert-OH is 1. The molecule has 8 nitrogen and oxygen atoms in total. The van der Waals surface area contributed by atoms with Gasteiger partial charge in [-0.05, 0) is 24.3 Å². The van der Waals surface area contributed by atoms with E-state index in [0.29, 0.717) is 17.1 Å². The van der Waals surface area contributed by atoms with Crippen LogP contribution in [0.5, 0.6) is 5.75 Å². The number of aliphatic hydroxyl groups is 1. The lowest BCUT2D eigenvalue weighted by Gasteiger charge is -2.11. The second-order valence-electron chi connectivity index (χ2n) is 5.37. The first-order valence-electron chi connectivity index (χ1n) is 7.62. The zero-order chi connectivity index (χ0) is 17.6. The third-order valence-corrected chi connectivity index (χ3v) is 3.46. The Bertz CT molecular complexity index is 833. The van der Waals surface area contributed by atoms with E-state index in [4.69, 9.17) is 4.74 Å². The summed E-state index contributed by atoms with van der Waals surface area (Å²) in [7, 11) is 0. The monoisotopic (exact) mass is 340 g/mol. The summed E-state index contributed by atoms with van der Waals surface area (Å²) in [6.07, 6.45) is 0.759. The fraction of sp³-hybridized carbons (Fsp3) is 0.176. The van der Waals surface area contributed by atoms with Crippen molar-refractivity contribution in [1.82, 2.24) is 14.8 Å². The molecule has 0 saturated carbocycles. The molecule has 1 aromatic heterocycles. The summed E-state index contributed by atoms with van der Waals surface area (Å²) in [6.45, 7) is 0.365. The molecular weight excluding hydrogens is 324 g/mol. The van der Waals surface area contributed by atoms with Gasteiger partial charge in [-0.25, -0.2) is 9.67 Å². The molecule has 0 fully saturated rings. The Morgan fingerprint density at radius 2 is 1.88 bits per heavy atom. The van der Waals surface area contributed by atoms with Crippen molar-refractivity contribution in [3.05, 3.63) is 71.0 Å². The van der Waals surface area contributed by atoms with Gasteiger partial charge in [-0.15, -0.1) is 0 Å². The van der Waals surface area contributed by atoms with Gasteiger partial charge in [0.2, 0.25) is 0 Å². The van der Waals surface area contributed by atoms with Crippen molar-refractivity contribution < 1.29 is 14.8 Å². The van der Waals surface area contributed by atoms with Crippen molar-refractivity contribution in [1.29, 1.82) is 0 Å². The van der Waals surface area contributed by atoms with Gasteiger partial charge in [0.05, 0.1) is 11.5 Å². The van der Waals surface area contributed by atoms with Crippen molar-refractivity contribution in [3.8, 4) is 17.1 Å². The number of nitro benzene ring substituents is 1. The van der Waals surface area contributed by atoms with Gasteiger partial charge in [0, 0.05) is 17.7 Å². The lowest BCUT2D eigenvalue weighted by Crippen LogP contribution is -2.23. The van der Waals surface area contributed by atoms with Crippen LogP contribution in [0.25, 0.3) is 11.4 Å². The summed E-state index contributed by atoms with van der Waals surface area (Å²) < 4.78 is 7.00. The third-order valence-electron chi connectivity index (χ3n) is 3.46. The topological polar surface area (TPSA) is 103 Å². The van der Waals surface area contributed by atoms with Crippen LogP contribution in [0.15, 0.2) is 60.9 Å². The molecular formula is C17H16N4O4. The minimum absolute atomic E-state index is 0.0108. The van der Waals surface area contributed by atoms with Gasteiger partial charge in [-0.2, -0.15) is 5.10 Å². The lowest BCUT2D eigenvalue weighted by atomic mass is 10.2. The minimum Gasteiger partial charge on any atom is -0.491 e. The molecule has 0 spiro atoms. The van der Waals surface area contributed by atoms with Crippen LogP contribution >= 0.6 is 0 Å². The molecule has 0 aliphatic carbocycles. The molecule has 0 amide bonds. The molecule has 1 atom stereocenters. The van der Waals surface area contributed by atoms with Crippen LogP contribution in [0.1, 0.15) is 0 Å². The molecule has 128 valence electrons. The highest BCUT2D eigenvalue weighted by molar-refractivity contribution is 5.56. The lowest BCUT2D eigenvalue weighted by molar-refractivity contribution is -0.384. The molecule has 3 aromatic rings. The predicted molar refractivity (Wildman–Crippen MR) is 90.1 cm³/mol. The summed E-state index contributed by atoms with van der Waals surface area (Å²) in [5.41, 5.74) is 0.677. The van der Waals surface area contributed by atoms with Gasteiger partial charge < -0.3 is 9.84 Å². The SMILES string of the molecule is O=[N+]([O-])c1ccc(-c2ncn(CC(O)COc3ccccc3)n2)cc1. The largest absolute Gasteiger partial charge is 0.491 e. The molecule has 25 heavy (non-hydrogen) atoms. The van der Waals surface area contributed by atoms with Crippen molar-refractivity contribution in [2.75, 3.05) is 6.61 Å². The van der Waals surface area contributed by atoms with E-state index in [-0.39, 0.29) is 18.8 Å². The Labute approximate surface area is 143 Å². The number of ether oxygens (including phenoxy) is 1. The number of nitro groups is 1. The van der Waals surface area contributed by atoms with E-state index in [1.807, 2.05) is 30.3 Å². The third kappa shape index (κ3) is 4.39. The molecule has 2 aromatic carbocycles. The highest BCUT2D eigenvalue weighted by atomic mass is 16.6. The van der Waals surface area contributed by atoms with Crippen molar-refractivity contribution in [2.45, 2.75) is 12.6 Å². The molecule has 0 aliphatic heterocycles. The molecule has 3 rings (SSSR count). The van der Waals surface area contributed by atoms with Crippen LogP contribution in [0.2, 0.25) is 0 Å². The molecule has 1 N–H and O–H groups in total. The molecule has 0 aliphatic rings. The van der Waals surface area contributed by atoms with Crippen LogP contribution in [0.3, 0.4) is 0 Å². The van der Waals surface area contributed by atoms with Crippen LogP contribution in [-0.2, 0) is 6.54 Å². The molecule has 1 heterocycles. The highest BCUT2D eigenvalue weighted by Gasteiger charge is 2.11. The first-order valence-corrected chi connectivity index (χ1v) is 7.62. The van der Waals surface area contributed by atoms with Gasteiger partial charge in [-0.1, -0.05) is 18.2 Å². The predicted octanol–water partition coefficient (Wildman–Crippen LogP) is 2.29. The number of hydrogen-bond acceptors (Lipinski definition) is 6. The highest BCUT2D eigenvalue weighted by Crippen LogP contribution is 2.19. The minimum atomic E-state index is -0.744. The summed E-state index contributed by atoms with van der Waals surface area (Å²) in [6, 6.07) is 15.2. The summed E-state index contributed by atoms with van der Waals surface area (Å²) in [5, 5.41) is 25.0. The Morgan fingerprint density at radius 3 is 2.56 bits per heavy atom. The van der Waals surface area contributed by atoms with E-state index < -0.39 is 11.0 Å². The molecule has 0 radical (unpaired) electrons. The first kappa shape index (κ1) is 16.6. The van der Waals surface area contributed by atoms with E-state index in [1.165, 1.54) is 23.1 Å². The standard InChI is InChI=1S/C17H16N4O4/c22-15(11-25-16-4-2-1-3-5-16)10-20-12-18-17(19-20)13-6-8-14(9-7-13)21(23)24/h1-9,12,15,22H,10-11H2.